The van der Waals surface area contributed by atoms with Crippen molar-refractivity contribution in [1.29, 1.82) is 5.26 Å². The molecule has 1 aromatic carbocycles. The molecule has 0 bridgehead atoms. The average molecular weight is 402 g/mol. The first-order valence-electron chi connectivity index (χ1n) is 9.13. The standard InChI is InChI=1S/C20H17F3N4O2/c21-20(22,23)16-5-14(2-1-12(16)10-24)29-15-8-19(9-15)6-13(7-19)27-18(28)17-11-25-3-4-26-17/h1-5,11,13,15H,6-9H2,(H,27,28). The van der Waals surface area contributed by atoms with Gasteiger partial charge in [-0.1, -0.05) is 0 Å². The van der Waals surface area contributed by atoms with E-state index in [9.17, 15) is 18.0 Å². The molecule has 2 aliphatic rings. The minimum absolute atomic E-state index is 0.0530. The van der Waals surface area contributed by atoms with Crippen LogP contribution >= 0.6 is 0 Å². The number of nitriles is 1. The number of nitrogens with one attached hydrogen (secondary N) is 1. The van der Waals surface area contributed by atoms with Gasteiger partial charge in [0.25, 0.3) is 5.91 Å². The molecule has 2 fully saturated rings. The molecule has 4 rings (SSSR count). The molecule has 0 unspecified atom stereocenters. The minimum Gasteiger partial charge on any atom is -0.490 e. The maximum Gasteiger partial charge on any atom is 0.417 e. The largest absolute Gasteiger partial charge is 0.490 e. The topological polar surface area (TPSA) is 87.9 Å². The van der Waals surface area contributed by atoms with Gasteiger partial charge in [-0.3, -0.25) is 9.78 Å². The fourth-order valence-electron chi connectivity index (χ4n) is 4.21. The second-order valence-electron chi connectivity index (χ2n) is 7.63. The number of ether oxygens (including phenoxy) is 1. The van der Waals surface area contributed by atoms with E-state index in [1.807, 2.05) is 0 Å². The number of benzene rings is 1. The number of carbonyl (C=O) groups is 1. The third-order valence-electron chi connectivity index (χ3n) is 5.53. The van der Waals surface area contributed by atoms with Crippen LogP contribution in [0.5, 0.6) is 5.75 Å². The highest BCUT2D eigenvalue weighted by Gasteiger charge is 2.54. The van der Waals surface area contributed by atoms with Gasteiger partial charge in [-0.25, -0.2) is 4.98 Å². The average Bonchev–Trinajstić information content (AvgIpc) is 2.64. The van der Waals surface area contributed by atoms with Crippen LogP contribution in [0, 0.1) is 16.7 Å². The Balaban J connectivity index is 1.28. The molecular weight excluding hydrogens is 385 g/mol. The Kier molecular flexibility index (Phi) is 4.65. The number of amides is 1. The number of aromatic nitrogens is 2. The lowest BCUT2D eigenvalue weighted by molar-refractivity contribution is -0.138. The van der Waals surface area contributed by atoms with Crippen LogP contribution in [0.3, 0.4) is 0 Å². The summed E-state index contributed by atoms with van der Waals surface area (Å²) in [6.45, 7) is 0. The highest BCUT2D eigenvalue weighted by atomic mass is 19.4. The van der Waals surface area contributed by atoms with Crippen LogP contribution in [0.25, 0.3) is 0 Å². The molecule has 2 aromatic rings. The van der Waals surface area contributed by atoms with Crippen molar-refractivity contribution in [3.8, 4) is 11.8 Å². The molecule has 1 spiro atoms. The minimum atomic E-state index is -4.60. The monoisotopic (exact) mass is 402 g/mol. The summed E-state index contributed by atoms with van der Waals surface area (Å²) in [6, 6.07) is 5.02. The van der Waals surface area contributed by atoms with E-state index in [0.29, 0.717) is 0 Å². The van der Waals surface area contributed by atoms with Crippen LogP contribution in [0.15, 0.2) is 36.8 Å². The third-order valence-corrected chi connectivity index (χ3v) is 5.53. The summed E-state index contributed by atoms with van der Waals surface area (Å²) in [5.41, 5.74) is -1.06. The lowest BCUT2D eigenvalue weighted by atomic mass is 9.53. The second-order valence-corrected chi connectivity index (χ2v) is 7.63. The molecule has 0 aliphatic heterocycles. The molecule has 2 aliphatic carbocycles. The van der Waals surface area contributed by atoms with Crippen LogP contribution in [-0.2, 0) is 6.18 Å². The molecule has 9 heteroatoms. The summed E-state index contributed by atoms with van der Waals surface area (Å²) < 4.78 is 44.9. The van der Waals surface area contributed by atoms with Gasteiger partial charge in [0.1, 0.15) is 11.4 Å². The van der Waals surface area contributed by atoms with Crippen molar-refractivity contribution >= 4 is 5.91 Å². The molecule has 0 atom stereocenters. The van der Waals surface area contributed by atoms with E-state index in [-0.39, 0.29) is 34.9 Å². The third kappa shape index (κ3) is 3.88. The first-order chi connectivity index (χ1) is 13.8. The molecule has 150 valence electrons. The number of alkyl halides is 3. The lowest BCUT2D eigenvalue weighted by Crippen LogP contribution is -2.58. The lowest BCUT2D eigenvalue weighted by Gasteiger charge is -2.57. The van der Waals surface area contributed by atoms with Crippen molar-refractivity contribution in [3.05, 3.63) is 53.6 Å². The number of rotatable bonds is 4. The van der Waals surface area contributed by atoms with Crippen LogP contribution in [0.1, 0.15) is 47.3 Å². The fourth-order valence-corrected chi connectivity index (χ4v) is 4.21. The summed E-state index contributed by atoms with van der Waals surface area (Å²) >= 11 is 0. The normalized spacial score (nSPS) is 25.4. The maximum atomic E-state index is 13.1. The first kappa shape index (κ1) is 19.2. The Morgan fingerprint density at radius 1 is 1.24 bits per heavy atom. The molecule has 2 saturated carbocycles. The number of carbonyl (C=O) groups excluding carboxylic acids is 1. The molecule has 1 heterocycles. The van der Waals surface area contributed by atoms with Crippen LogP contribution < -0.4 is 10.1 Å². The molecule has 1 aromatic heterocycles. The van der Waals surface area contributed by atoms with Gasteiger partial charge >= 0.3 is 6.18 Å². The fraction of sp³-hybridized carbons (Fsp3) is 0.400. The Morgan fingerprint density at radius 2 is 2.00 bits per heavy atom. The summed E-state index contributed by atoms with van der Waals surface area (Å²) in [5, 5.41) is 11.8. The SMILES string of the molecule is N#Cc1ccc(OC2CC3(CC(NC(=O)c4cnccn4)C3)C2)cc1C(F)(F)F. The highest BCUT2D eigenvalue weighted by Crippen LogP contribution is 2.56. The van der Waals surface area contributed by atoms with Crippen molar-refractivity contribution in [2.75, 3.05) is 0 Å². The van der Waals surface area contributed by atoms with E-state index in [2.05, 4.69) is 15.3 Å². The van der Waals surface area contributed by atoms with Gasteiger partial charge in [0.05, 0.1) is 29.5 Å². The molecular formula is C20H17F3N4O2. The number of nitrogens with zero attached hydrogens (tertiary/aromatic N) is 3. The quantitative estimate of drug-likeness (QED) is 0.846. The van der Waals surface area contributed by atoms with Gasteiger partial charge in [0, 0.05) is 18.4 Å². The van der Waals surface area contributed by atoms with E-state index in [1.165, 1.54) is 24.7 Å². The van der Waals surface area contributed by atoms with E-state index in [1.54, 1.807) is 6.07 Å². The van der Waals surface area contributed by atoms with Gasteiger partial charge < -0.3 is 10.1 Å². The smallest absolute Gasteiger partial charge is 0.417 e. The Bertz CT molecular complexity index is 958. The molecule has 29 heavy (non-hydrogen) atoms. The van der Waals surface area contributed by atoms with Crippen LogP contribution in [0.2, 0.25) is 0 Å². The molecule has 1 N–H and O–H groups in total. The Hall–Kier alpha value is -3.15. The summed E-state index contributed by atoms with van der Waals surface area (Å²) in [6.07, 6.45) is 2.66. The predicted molar refractivity (Wildman–Crippen MR) is 94.8 cm³/mol. The summed E-state index contributed by atoms with van der Waals surface area (Å²) in [4.78, 5) is 19.9. The zero-order valence-corrected chi connectivity index (χ0v) is 15.2. The zero-order valence-electron chi connectivity index (χ0n) is 15.2. The van der Waals surface area contributed by atoms with Crippen molar-refractivity contribution in [2.45, 2.75) is 44.0 Å². The van der Waals surface area contributed by atoms with Crippen molar-refractivity contribution in [3.63, 3.8) is 0 Å². The van der Waals surface area contributed by atoms with E-state index in [4.69, 9.17) is 10.00 Å². The number of hydrogen-bond acceptors (Lipinski definition) is 5. The van der Waals surface area contributed by atoms with Gasteiger partial charge in [-0.2, -0.15) is 18.4 Å². The number of halogens is 3. The van der Waals surface area contributed by atoms with E-state index < -0.39 is 17.3 Å². The molecule has 6 nitrogen and oxygen atoms in total. The van der Waals surface area contributed by atoms with E-state index >= 15 is 0 Å². The van der Waals surface area contributed by atoms with Crippen molar-refractivity contribution < 1.29 is 22.7 Å². The van der Waals surface area contributed by atoms with Gasteiger partial charge in [0.2, 0.25) is 0 Å². The van der Waals surface area contributed by atoms with Gasteiger partial charge in [-0.05, 0) is 49.3 Å². The summed E-state index contributed by atoms with van der Waals surface area (Å²) in [5.74, 6) is -0.148. The van der Waals surface area contributed by atoms with E-state index in [0.717, 1.165) is 37.8 Å². The predicted octanol–water partition coefficient (Wildman–Crippen LogP) is 3.49. The molecule has 0 saturated heterocycles. The maximum absolute atomic E-state index is 13.1. The van der Waals surface area contributed by atoms with Crippen LogP contribution in [0.4, 0.5) is 13.2 Å². The van der Waals surface area contributed by atoms with Gasteiger partial charge in [0.15, 0.2) is 0 Å². The molecule has 1 amide bonds. The number of hydrogen-bond donors (Lipinski definition) is 1. The van der Waals surface area contributed by atoms with Crippen LogP contribution in [-0.4, -0.2) is 28.0 Å². The summed E-state index contributed by atoms with van der Waals surface area (Å²) in [7, 11) is 0. The van der Waals surface area contributed by atoms with Crippen molar-refractivity contribution in [2.24, 2.45) is 5.41 Å². The second kappa shape index (κ2) is 7.03. The van der Waals surface area contributed by atoms with Gasteiger partial charge in [-0.15, -0.1) is 0 Å². The van der Waals surface area contributed by atoms with Crippen molar-refractivity contribution in [1.82, 2.24) is 15.3 Å². The first-order valence-corrected chi connectivity index (χ1v) is 9.13. The Labute approximate surface area is 164 Å². The highest BCUT2D eigenvalue weighted by molar-refractivity contribution is 5.92. The zero-order chi connectivity index (χ0) is 20.6. The molecule has 0 radical (unpaired) electrons. The Morgan fingerprint density at radius 3 is 2.62 bits per heavy atom.